The second-order valence-corrected chi connectivity index (χ2v) is 4.00. The van der Waals surface area contributed by atoms with Gasteiger partial charge in [0.2, 0.25) is 6.16 Å². The fourth-order valence-corrected chi connectivity index (χ4v) is 1.98. The average molecular weight is 213 g/mol. The lowest BCUT2D eigenvalue weighted by Gasteiger charge is -1.99. The van der Waals surface area contributed by atoms with Crippen LogP contribution in [0.3, 0.4) is 0 Å². The molecule has 3 nitrogen and oxygen atoms in total. The lowest BCUT2D eigenvalue weighted by Crippen LogP contribution is -1.86. The Hall–Kier alpha value is -0.920. The topological polar surface area (TPSA) is 35.5 Å². The first-order valence-corrected chi connectivity index (χ1v) is 5.83. The van der Waals surface area contributed by atoms with Crippen molar-refractivity contribution < 1.29 is 13.8 Å². The maximum absolute atomic E-state index is 11.3. The molecule has 76 valence electrons. The zero-order valence-corrected chi connectivity index (χ0v) is 9.29. The van der Waals surface area contributed by atoms with Gasteiger partial charge < -0.3 is 4.74 Å². The van der Waals surface area contributed by atoms with Crippen LogP contribution >= 0.6 is 8.03 Å². The van der Waals surface area contributed by atoms with Gasteiger partial charge in [-0.1, -0.05) is 12.1 Å². The van der Waals surface area contributed by atoms with E-state index in [0.29, 0.717) is 12.8 Å². The predicted octanol–water partition coefficient (Wildman–Crippen LogP) is 2.97. The summed E-state index contributed by atoms with van der Waals surface area (Å²) in [4.78, 5) is 0. The molecule has 1 atom stereocenters. The van der Waals surface area contributed by atoms with E-state index in [-0.39, 0.29) is 0 Å². The lowest BCUT2D eigenvalue weighted by atomic mass is 10.2. The Balaban J connectivity index is 2.62. The minimum atomic E-state index is -1.58. The van der Waals surface area contributed by atoms with Gasteiger partial charge in [0, 0.05) is 5.56 Å². The van der Waals surface area contributed by atoms with Crippen molar-refractivity contribution in [3.8, 4) is 5.75 Å². The number of methoxy groups -OCH3 is 1. The minimum absolute atomic E-state index is 0.445. The van der Waals surface area contributed by atoms with Crippen LogP contribution in [0.4, 0.5) is 0 Å². The van der Waals surface area contributed by atoms with Crippen molar-refractivity contribution in [1.29, 1.82) is 0 Å². The number of ether oxygens (including phenoxy) is 1. The summed E-state index contributed by atoms with van der Waals surface area (Å²) in [5.74, 6) is 0.780. The highest BCUT2D eigenvalue weighted by Gasteiger charge is 2.17. The Morgan fingerprint density at radius 3 is 2.86 bits per heavy atom. The van der Waals surface area contributed by atoms with Crippen LogP contribution in [0.25, 0.3) is 0 Å². The van der Waals surface area contributed by atoms with Gasteiger partial charge in [0.1, 0.15) is 5.75 Å². The molecular formula is C10H14O3P+. The van der Waals surface area contributed by atoms with Gasteiger partial charge in [-0.15, -0.1) is 4.52 Å². The first-order valence-electron chi connectivity index (χ1n) is 4.46. The van der Waals surface area contributed by atoms with E-state index in [1.807, 2.05) is 31.2 Å². The largest absolute Gasteiger partial charge is 0.512 e. The van der Waals surface area contributed by atoms with Crippen molar-refractivity contribution in [2.75, 3.05) is 13.7 Å². The number of hydrogen-bond donors (Lipinski definition) is 0. The highest BCUT2D eigenvalue weighted by molar-refractivity contribution is 7.38. The number of rotatable bonds is 5. The van der Waals surface area contributed by atoms with Crippen LogP contribution in [-0.2, 0) is 15.3 Å². The quantitative estimate of drug-likeness (QED) is 0.705. The standard InChI is InChI=1S/C10H14O3P/c1-3-13-14(11)8-9-5-4-6-10(7-9)12-2/h4-7H,3,8H2,1-2H3/q+1. The van der Waals surface area contributed by atoms with E-state index in [0.717, 1.165) is 11.3 Å². The Morgan fingerprint density at radius 2 is 2.21 bits per heavy atom. The zero-order chi connectivity index (χ0) is 10.4. The molecule has 0 aliphatic rings. The third kappa shape index (κ3) is 3.44. The predicted molar refractivity (Wildman–Crippen MR) is 55.9 cm³/mol. The molecule has 1 aromatic carbocycles. The van der Waals surface area contributed by atoms with E-state index in [4.69, 9.17) is 9.26 Å². The first-order chi connectivity index (χ1) is 6.76. The normalized spacial score (nSPS) is 11.1. The minimum Gasteiger partial charge on any atom is -0.497 e. The molecule has 0 radical (unpaired) electrons. The molecule has 1 aromatic rings. The van der Waals surface area contributed by atoms with Crippen LogP contribution in [0.15, 0.2) is 24.3 Å². The van der Waals surface area contributed by atoms with Gasteiger partial charge in [-0.05, 0) is 23.6 Å². The van der Waals surface area contributed by atoms with Gasteiger partial charge in [-0.2, -0.15) is 0 Å². The van der Waals surface area contributed by atoms with Gasteiger partial charge in [-0.25, -0.2) is 0 Å². The van der Waals surface area contributed by atoms with Crippen molar-refractivity contribution in [1.82, 2.24) is 0 Å². The lowest BCUT2D eigenvalue weighted by molar-refractivity contribution is 0.349. The molecule has 14 heavy (non-hydrogen) atoms. The molecule has 0 saturated carbocycles. The van der Waals surface area contributed by atoms with Crippen LogP contribution in [-0.4, -0.2) is 13.7 Å². The highest BCUT2D eigenvalue weighted by Crippen LogP contribution is 2.28. The zero-order valence-electron chi connectivity index (χ0n) is 8.40. The second-order valence-electron chi connectivity index (χ2n) is 2.76. The smallest absolute Gasteiger partial charge is 0.497 e. The summed E-state index contributed by atoms with van der Waals surface area (Å²) in [6, 6.07) is 7.52. The van der Waals surface area contributed by atoms with Gasteiger partial charge in [0.25, 0.3) is 0 Å². The van der Waals surface area contributed by atoms with Crippen molar-refractivity contribution >= 4 is 8.03 Å². The van der Waals surface area contributed by atoms with E-state index in [2.05, 4.69) is 0 Å². The average Bonchev–Trinajstić information content (AvgIpc) is 2.18. The van der Waals surface area contributed by atoms with Crippen LogP contribution in [0.1, 0.15) is 12.5 Å². The summed E-state index contributed by atoms with van der Waals surface area (Å²) in [5, 5.41) is 0. The molecule has 0 saturated heterocycles. The van der Waals surface area contributed by atoms with Crippen molar-refractivity contribution in [2.24, 2.45) is 0 Å². The van der Waals surface area contributed by atoms with Gasteiger partial charge in [0.05, 0.1) is 13.7 Å². The fourth-order valence-electron chi connectivity index (χ4n) is 1.11. The fraction of sp³-hybridized carbons (Fsp3) is 0.400. The third-order valence-electron chi connectivity index (χ3n) is 1.72. The van der Waals surface area contributed by atoms with Crippen LogP contribution in [0, 0.1) is 0 Å². The highest BCUT2D eigenvalue weighted by atomic mass is 31.1. The third-order valence-corrected chi connectivity index (χ3v) is 2.89. The molecule has 1 unspecified atom stereocenters. The van der Waals surface area contributed by atoms with Crippen LogP contribution in [0.5, 0.6) is 5.75 Å². The SMILES string of the molecule is CCO[P+](=O)Cc1cccc(OC)c1. The molecule has 1 rings (SSSR count). The van der Waals surface area contributed by atoms with Gasteiger partial charge in [0.15, 0.2) is 0 Å². The molecule has 0 aliphatic heterocycles. The van der Waals surface area contributed by atoms with E-state index in [9.17, 15) is 4.57 Å². The Labute approximate surface area is 84.9 Å². The maximum Gasteiger partial charge on any atom is 0.512 e. The Kier molecular flexibility index (Phi) is 4.57. The van der Waals surface area contributed by atoms with E-state index in [1.165, 1.54) is 0 Å². The molecule has 0 fully saturated rings. The summed E-state index contributed by atoms with van der Waals surface area (Å²) in [5.41, 5.74) is 0.971. The van der Waals surface area contributed by atoms with Crippen LogP contribution < -0.4 is 4.74 Å². The van der Waals surface area contributed by atoms with E-state index >= 15 is 0 Å². The van der Waals surface area contributed by atoms with E-state index < -0.39 is 8.03 Å². The summed E-state index contributed by atoms with van der Waals surface area (Å²) < 4.78 is 21.3. The second kappa shape index (κ2) is 5.74. The molecule has 0 amide bonds. The van der Waals surface area contributed by atoms with Gasteiger partial charge in [-0.3, -0.25) is 0 Å². The molecule has 4 heteroatoms. The molecule has 0 aromatic heterocycles. The summed E-state index contributed by atoms with van der Waals surface area (Å²) in [6.45, 7) is 2.32. The molecule has 0 spiro atoms. The number of hydrogen-bond acceptors (Lipinski definition) is 3. The maximum atomic E-state index is 11.3. The summed E-state index contributed by atoms with van der Waals surface area (Å²) in [6.07, 6.45) is 0.445. The molecule has 0 N–H and O–H groups in total. The molecular weight excluding hydrogens is 199 g/mol. The van der Waals surface area contributed by atoms with Crippen molar-refractivity contribution in [3.05, 3.63) is 29.8 Å². The monoisotopic (exact) mass is 213 g/mol. The Bertz CT molecular complexity index is 312. The van der Waals surface area contributed by atoms with Crippen molar-refractivity contribution in [2.45, 2.75) is 13.1 Å². The number of benzene rings is 1. The van der Waals surface area contributed by atoms with E-state index in [1.54, 1.807) is 7.11 Å². The van der Waals surface area contributed by atoms with Crippen molar-refractivity contribution in [3.63, 3.8) is 0 Å². The van der Waals surface area contributed by atoms with Gasteiger partial charge >= 0.3 is 8.03 Å². The summed E-state index contributed by atoms with van der Waals surface area (Å²) >= 11 is 0. The first kappa shape index (κ1) is 11.2. The summed E-state index contributed by atoms with van der Waals surface area (Å²) in [7, 11) is 0.0329. The Morgan fingerprint density at radius 1 is 1.43 bits per heavy atom. The molecule has 0 bridgehead atoms. The molecule has 0 aliphatic carbocycles. The van der Waals surface area contributed by atoms with Crippen LogP contribution in [0.2, 0.25) is 0 Å². The molecule has 0 heterocycles.